The summed E-state index contributed by atoms with van der Waals surface area (Å²) in [6.45, 7) is 1.89. The van der Waals surface area contributed by atoms with Gasteiger partial charge in [0.25, 0.3) is 11.8 Å². The molecule has 5 nitrogen and oxygen atoms in total. The Morgan fingerprint density at radius 3 is 2.03 bits per heavy atom. The van der Waals surface area contributed by atoms with Crippen molar-refractivity contribution in [3.05, 3.63) is 94.9 Å². The van der Waals surface area contributed by atoms with Gasteiger partial charge in [-0.15, -0.1) is 0 Å². The summed E-state index contributed by atoms with van der Waals surface area (Å²) in [6, 6.07) is 14.1. The fraction of sp³-hybridized carbons (Fsp3) is 0.115. The Balaban J connectivity index is 0.000000207. The second-order valence-corrected chi connectivity index (χ2v) is 7.47. The molecule has 1 N–H and O–H groups in total. The third-order valence-corrected chi connectivity index (χ3v) is 5.31. The number of nitrogens with one attached hydrogen (secondary N) is 1. The lowest BCUT2D eigenvalue weighted by molar-refractivity contribution is 0.0879. The molecule has 8 heteroatoms. The highest BCUT2D eigenvalue weighted by Gasteiger charge is 2.25. The van der Waals surface area contributed by atoms with Crippen molar-refractivity contribution in [2.24, 2.45) is 0 Å². The maximum Gasteiger partial charge on any atom is 0.258 e. The van der Waals surface area contributed by atoms with E-state index in [1.165, 1.54) is 31.4 Å². The summed E-state index contributed by atoms with van der Waals surface area (Å²) >= 11 is 0. The van der Waals surface area contributed by atoms with Gasteiger partial charge in [0.05, 0.1) is 29.4 Å². The number of aromatic nitrogens is 1. The van der Waals surface area contributed by atoms with Crippen LogP contribution in [0.3, 0.4) is 0 Å². The zero-order chi connectivity index (χ0) is 24.4. The molecule has 0 aliphatic carbocycles. The van der Waals surface area contributed by atoms with E-state index in [9.17, 15) is 22.8 Å². The van der Waals surface area contributed by atoms with Gasteiger partial charge in [0.2, 0.25) is 0 Å². The van der Waals surface area contributed by atoms with Gasteiger partial charge in [0.15, 0.2) is 0 Å². The van der Waals surface area contributed by atoms with Crippen LogP contribution in [0.5, 0.6) is 5.75 Å². The van der Waals surface area contributed by atoms with Gasteiger partial charge in [-0.2, -0.15) is 0 Å². The minimum absolute atomic E-state index is 0.300. The minimum atomic E-state index is -0.691. The molecule has 0 bridgehead atoms. The summed E-state index contributed by atoms with van der Waals surface area (Å²) in [4.78, 5) is 26.4. The first-order valence-electron chi connectivity index (χ1n) is 10.4. The summed E-state index contributed by atoms with van der Waals surface area (Å²) in [6.07, 6.45) is 0.539. The van der Waals surface area contributed by atoms with E-state index < -0.39 is 17.5 Å². The first-order chi connectivity index (χ1) is 16.3. The van der Waals surface area contributed by atoms with Gasteiger partial charge >= 0.3 is 0 Å². The Hall–Kier alpha value is -4.20. The Morgan fingerprint density at radius 1 is 0.853 bits per heavy atom. The van der Waals surface area contributed by atoms with Crippen LogP contribution in [0.2, 0.25) is 0 Å². The molecule has 2 heterocycles. The van der Waals surface area contributed by atoms with Crippen molar-refractivity contribution < 1.29 is 27.5 Å². The van der Waals surface area contributed by atoms with Crippen molar-refractivity contribution >= 4 is 22.7 Å². The average molecular weight is 464 g/mol. The Labute approximate surface area is 193 Å². The molecule has 0 radical (unpaired) electrons. The van der Waals surface area contributed by atoms with E-state index in [0.29, 0.717) is 51.0 Å². The second kappa shape index (κ2) is 9.35. The van der Waals surface area contributed by atoms with Crippen LogP contribution in [0.1, 0.15) is 33.3 Å². The maximum absolute atomic E-state index is 13.6. The molecule has 0 spiro atoms. The number of fused-ring (bicyclic) bond motifs is 2. The summed E-state index contributed by atoms with van der Waals surface area (Å²) in [5, 5.41) is 2.67. The van der Waals surface area contributed by atoms with Crippen LogP contribution in [-0.2, 0) is 6.42 Å². The molecule has 3 aromatic carbocycles. The van der Waals surface area contributed by atoms with Gasteiger partial charge in [-0.1, -0.05) is 19.1 Å². The minimum Gasteiger partial charge on any atom is -0.495 e. The number of rotatable bonds is 3. The highest BCUT2D eigenvalue weighted by Crippen LogP contribution is 2.39. The molecule has 0 atom stereocenters. The second-order valence-electron chi connectivity index (χ2n) is 7.47. The van der Waals surface area contributed by atoms with Gasteiger partial charge in [-0.05, 0) is 54.4 Å². The molecule has 0 fully saturated rings. The molecule has 1 aliphatic heterocycles. The van der Waals surface area contributed by atoms with Crippen LogP contribution in [0.15, 0.2) is 60.7 Å². The summed E-state index contributed by atoms with van der Waals surface area (Å²) in [5.41, 5.74) is 2.93. The average Bonchev–Trinajstić information content (AvgIpc) is 3.11. The molecule has 4 aromatic rings. The standard InChI is InChI=1S/C18H14F3NO.C8H5NO2/c1-3-15-17(10-6-12(20)8-13(21)7-10)18(23-2)14-9-11(19)4-5-16(14)22-15;10-7-5-3-1-2-4-6(5)8(11)9-7/h4-9H,3H2,1-2H3;1-4H,(H,9,10,11). The molecule has 1 aliphatic rings. The van der Waals surface area contributed by atoms with E-state index in [4.69, 9.17) is 4.74 Å². The van der Waals surface area contributed by atoms with Crippen molar-refractivity contribution in [1.82, 2.24) is 10.3 Å². The number of carbonyl (C=O) groups is 2. The number of ether oxygens (including phenoxy) is 1. The normalized spacial score (nSPS) is 12.1. The number of pyridine rings is 1. The zero-order valence-corrected chi connectivity index (χ0v) is 18.3. The number of aryl methyl sites for hydroxylation is 1. The third-order valence-electron chi connectivity index (χ3n) is 5.31. The molecule has 0 saturated heterocycles. The van der Waals surface area contributed by atoms with Crippen molar-refractivity contribution in [2.75, 3.05) is 7.11 Å². The molecule has 5 rings (SSSR count). The number of nitrogens with zero attached hydrogens (tertiary/aromatic N) is 1. The monoisotopic (exact) mass is 464 g/mol. The first-order valence-corrected chi connectivity index (χ1v) is 10.4. The van der Waals surface area contributed by atoms with Gasteiger partial charge < -0.3 is 4.74 Å². The maximum atomic E-state index is 13.6. The molecular formula is C26H19F3N2O3. The van der Waals surface area contributed by atoms with Crippen molar-refractivity contribution in [2.45, 2.75) is 13.3 Å². The number of methoxy groups -OCH3 is 1. The van der Waals surface area contributed by atoms with E-state index in [0.717, 1.165) is 6.07 Å². The van der Waals surface area contributed by atoms with Gasteiger partial charge in [0.1, 0.15) is 23.2 Å². The summed E-state index contributed by atoms with van der Waals surface area (Å²) < 4.78 is 46.2. The Kier molecular flexibility index (Phi) is 6.32. The molecule has 172 valence electrons. The lowest BCUT2D eigenvalue weighted by Gasteiger charge is -2.16. The topological polar surface area (TPSA) is 68.3 Å². The van der Waals surface area contributed by atoms with Crippen LogP contribution in [-0.4, -0.2) is 23.9 Å². The Bertz CT molecular complexity index is 1380. The van der Waals surface area contributed by atoms with E-state index >= 15 is 0 Å². The molecule has 34 heavy (non-hydrogen) atoms. The van der Waals surface area contributed by atoms with E-state index in [1.807, 2.05) is 6.92 Å². The molecule has 1 aromatic heterocycles. The molecule has 0 unspecified atom stereocenters. The fourth-order valence-corrected chi connectivity index (χ4v) is 3.84. The lowest BCUT2D eigenvalue weighted by Crippen LogP contribution is -2.19. The number of halogens is 3. The quantitative estimate of drug-likeness (QED) is 0.409. The number of hydrogen-bond acceptors (Lipinski definition) is 4. The first kappa shape index (κ1) is 23.0. The number of carbonyl (C=O) groups excluding carboxylic acids is 2. The smallest absolute Gasteiger partial charge is 0.258 e. The molecular weight excluding hydrogens is 445 g/mol. The van der Waals surface area contributed by atoms with Gasteiger partial charge in [-0.25, -0.2) is 13.2 Å². The van der Waals surface area contributed by atoms with Crippen LogP contribution >= 0.6 is 0 Å². The van der Waals surface area contributed by atoms with Crippen LogP contribution in [0, 0.1) is 17.5 Å². The SMILES string of the molecule is CCc1nc2ccc(F)cc2c(OC)c1-c1cc(F)cc(F)c1.O=C1NC(=O)c2ccccc21. The van der Waals surface area contributed by atoms with Crippen molar-refractivity contribution in [3.8, 4) is 16.9 Å². The van der Waals surface area contributed by atoms with Gasteiger partial charge in [-0.3, -0.25) is 19.9 Å². The lowest BCUT2D eigenvalue weighted by atomic mass is 9.98. The predicted octanol–water partition coefficient (Wildman–Crippen LogP) is 5.46. The van der Waals surface area contributed by atoms with E-state index in [2.05, 4.69) is 10.3 Å². The van der Waals surface area contributed by atoms with Crippen LogP contribution < -0.4 is 10.1 Å². The third kappa shape index (κ3) is 4.34. The molecule has 2 amide bonds. The zero-order valence-electron chi connectivity index (χ0n) is 18.3. The number of benzene rings is 3. The van der Waals surface area contributed by atoms with Gasteiger partial charge in [0, 0.05) is 17.0 Å². The fourth-order valence-electron chi connectivity index (χ4n) is 3.84. The Morgan fingerprint density at radius 2 is 1.47 bits per heavy atom. The van der Waals surface area contributed by atoms with Crippen LogP contribution in [0.25, 0.3) is 22.0 Å². The van der Waals surface area contributed by atoms with Crippen LogP contribution in [0.4, 0.5) is 13.2 Å². The van der Waals surface area contributed by atoms with Crippen molar-refractivity contribution in [1.29, 1.82) is 0 Å². The largest absolute Gasteiger partial charge is 0.495 e. The summed E-state index contributed by atoms with van der Waals surface area (Å²) in [7, 11) is 1.44. The van der Waals surface area contributed by atoms with E-state index in [1.54, 1.807) is 30.3 Å². The number of imide groups is 1. The predicted molar refractivity (Wildman–Crippen MR) is 121 cm³/mol. The van der Waals surface area contributed by atoms with E-state index in [-0.39, 0.29) is 11.8 Å². The van der Waals surface area contributed by atoms with Crippen molar-refractivity contribution in [3.63, 3.8) is 0 Å². The number of amides is 2. The number of hydrogen-bond donors (Lipinski definition) is 1. The summed E-state index contributed by atoms with van der Waals surface area (Å²) in [5.74, 6) is -2.06. The highest BCUT2D eigenvalue weighted by molar-refractivity contribution is 6.21. The highest BCUT2D eigenvalue weighted by atomic mass is 19.1. The molecule has 0 saturated carbocycles.